The van der Waals surface area contributed by atoms with Crippen LogP contribution in [-0.4, -0.2) is 18.0 Å². The molecule has 2 rings (SSSR count). The van der Waals surface area contributed by atoms with Crippen LogP contribution in [0.4, 0.5) is 0 Å². The molecular weight excluding hydrogens is 180 g/mol. The lowest BCUT2D eigenvalue weighted by atomic mass is 9.58. The summed E-state index contributed by atoms with van der Waals surface area (Å²) in [4.78, 5) is 0. The second-order valence-electron chi connectivity index (χ2n) is 4.49. The van der Waals surface area contributed by atoms with Crippen LogP contribution in [0, 0.1) is 5.41 Å². The highest BCUT2D eigenvalue weighted by atomic mass is 32.1. The molecule has 0 radical (unpaired) electrons. The van der Waals surface area contributed by atoms with E-state index in [1.807, 2.05) is 0 Å². The van der Waals surface area contributed by atoms with Gasteiger partial charge in [0.25, 0.3) is 0 Å². The van der Waals surface area contributed by atoms with Gasteiger partial charge in [0.1, 0.15) is 0 Å². The summed E-state index contributed by atoms with van der Waals surface area (Å²) in [6.45, 7) is 2.97. The average Bonchev–Trinajstić information content (AvgIpc) is 2.19. The number of hydrogen-bond acceptors (Lipinski definition) is 2. The predicted octanol–water partition coefficient (Wildman–Crippen LogP) is 3.04. The highest BCUT2D eigenvalue weighted by Gasteiger charge is 2.53. The molecule has 0 N–H and O–H groups in total. The van der Waals surface area contributed by atoms with Crippen molar-refractivity contribution in [2.24, 2.45) is 5.41 Å². The van der Waals surface area contributed by atoms with Crippen molar-refractivity contribution in [1.82, 2.24) is 0 Å². The molecule has 13 heavy (non-hydrogen) atoms. The van der Waals surface area contributed by atoms with Gasteiger partial charge in [-0.05, 0) is 26.2 Å². The van der Waals surface area contributed by atoms with Gasteiger partial charge in [0, 0.05) is 17.3 Å². The molecule has 0 saturated heterocycles. The Bertz CT molecular complexity index is 173. The molecule has 0 aromatic carbocycles. The molecule has 1 nitrogen and oxygen atoms in total. The summed E-state index contributed by atoms with van der Waals surface area (Å²) in [6, 6.07) is 0. The molecule has 76 valence electrons. The maximum absolute atomic E-state index is 5.79. The highest BCUT2D eigenvalue weighted by Crippen LogP contribution is 2.55. The van der Waals surface area contributed by atoms with Crippen LogP contribution >= 0.6 is 12.6 Å². The summed E-state index contributed by atoms with van der Waals surface area (Å²) in [6.07, 6.45) is 8.61. The van der Waals surface area contributed by atoms with E-state index in [1.165, 1.54) is 38.5 Å². The van der Waals surface area contributed by atoms with Gasteiger partial charge in [0.05, 0.1) is 6.10 Å². The van der Waals surface area contributed by atoms with Crippen LogP contribution in [0.1, 0.15) is 45.4 Å². The summed E-state index contributed by atoms with van der Waals surface area (Å²) in [5.74, 6) is 0. The first-order valence-corrected chi connectivity index (χ1v) is 6.11. The minimum Gasteiger partial charge on any atom is -0.378 e. The normalized spacial score (nSPS) is 37.4. The Balaban J connectivity index is 1.99. The van der Waals surface area contributed by atoms with Crippen molar-refractivity contribution in [2.75, 3.05) is 6.61 Å². The summed E-state index contributed by atoms with van der Waals surface area (Å²) in [5, 5.41) is 0.615. The van der Waals surface area contributed by atoms with Crippen LogP contribution in [0.5, 0.6) is 0 Å². The molecule has 1 spiro atoms. The zero-order chi connectivity index (χ0) is 9.31. The molecule has 2 unspecified atom stereocenters. The molecule has 2 aliphatic rings. The number of thiol groups is 1. The third kappa shape index (κ3) is 1.52. The first-order valence-electron chi connectivity index (χ1n) is 5.59. The molecule has 2 atom stereocenters. The summed E-state index contributed by atoms with van der Waals surface area (Å²) in [7, 11) is 0. The molecule has 2 aliphatic carbocycles. The molecule has 0 aliphatic heterocycles. The molecule has 0 aromatic heterocycles. The van der Waals surface area contributed by atoms with E-state index in [-0.39, 0.29) is 0 Å². The predicted molar refractivity (Wildman–Crippen MR) is 58.3 cm³/mol. The maximum atomic E-state index is 5.79. The van der Waals surface area contributed by atoms with Crippen molar-refractivity contribution >= 4 is 12.6 Å². The van der Waals surface area contributed by atoms with Gasteiger partial charge in [-0.1, -0.05) is 19.3 Å². The smallest absolute Gasteiger partial charge is 0.0652 e. The van der Waals surface area contributed by atoms with Crippen molar-refractivity contribution < 1.29 is 4.74 Å². The fraction of sp³-hybridized carbons (Fsp3) is 1.00. The highest BCUT2D eigenvalue weighted by molar-refractivity contribution is 7.81. The maximum Gasteiger partial charge on any atom is 0.0652 e. The molecular formula is C11H20OS. The quantitative estimate of drug-likeness (QED) is 0.674. The van der Waals surface area contributed by atoms with E-state index in [1.54, 1.807) is 0 Å². The zero-order valence-corrected chi connectivity index (χ0v) is 9.35. The second-order valence-corrected chi connectivity index (χ2v) is 5.11. The Kier molecular flexibility index (Phi) is 2.89. The van der Waals surface area contributed by atoms with E-state index in [0.717, 1.165) is 6.61 Å². The Morgan fingerprint density at radius 1 is 1.31 bits per heavy atom. The first kappa shape index (κ1) is 9.85. The van der Waals surface area contributed by atoms with E-state index in [0.29, 0.717) is 16.8 Å². The van der Waals surface area contributed by atoms with Crippen molar-refractivity contribution in [3.63, 3.8) is 0 Å². The van der Waals surface area contributed by atoms with Crippen LogP contribution in [-0.2, 0) is 4.74 Å². The van der Waals surface area contributed by atoms with Crippen molar-refractivity contribution in [3.8, 4) is 0 Å². The summed E-state index contributed by atoms with van der Waals surface area (Å²) < 4.78 is 5.79. The Morgan fingerprint density at radius 3 is 2.54 bits per heavy atom. The van der Waals surface area contributed by atoms with E-state index in [9.17, 15) is 0 Å². The lowest BCUT2D eigenvalue weighted by Crippen LogP contribution is -2.56. The second kappa shape index (κ2) is 3.82. The van der Waals surface area contributed by atoms with Crippen LogP contribution in [0.3, 0.4) is 0 Å². The number of ether oxygens (including phenoxy) is 1. The van der Waals surface area contributed by atoms with Gasteiger partial charge in [0.15, 0.2) is 0 Å². The monoisotopic (exact) mass is 200 g/mol. The fourth-order valence-corrected chi connectivity index (χ4v) is 3.64. The summed E-state index contributed by atoms with van der Waals surface area (Å²) >= 11 is 4.69. The molecule has 0 bridgehead atoms. The Hall–Kier alpha value is 0.310. The average molecular weight is 200 g/mol. The van der Waals surface area contributed by atoms with Crippen LogP contribution in [0.25, 0.3) is 0 Å². The van der Waals surface area contributed by atoms with E-state index in [4.69, 9.17) is 4.74 Å². The Labute approximate surface area is 86.6 Å². The van der Waals surface area contributed by atoms with Gasteiger partial charge in [-0.15, -0.1) is 0 Å². The van der Waals surface area contributed by atoms with Crippen molar-refractivity contribution in [3.05, 3.63) is 0 Å². The van der Waals surface area contributed by atoms with Gasteiger partial charge < -0.3 is 4.74 Å². The van der Waals surface area contributed by atoms with Gasteiger partial charge in [-0.3, -0.25) is 0 Å². The topological polar surface area (TPSA) is 9.23 Å². The van der Waals surface area contributed by atoms with Gasteiger partial charge >= 0.3 is 0 Å². The fourth-order valence-electron chi connectivity index (χ4n) is 3.03. The molecule has 0 heterocycles. The molecule has 2 saturated carbocycles. The molecule has 2 heteroatoms. The third-order valence-corrected chi connectivity index (χ3v) is 4.62. The third-order valence-electron chi connectivity index (χ3n) is 3.89. The van der Waals surface area contributed by atoms with Gasteiger partial charge in [0.2, 0.25) is 0 Å². The van der Waals surface area contributed by atoms with E-state index < -0.39 is 0 Å². The van der Waals surface area contributed by atoms with Crippen molar-refractivity contribution in [1.29, 1.82) is 0 Å². The van der Waals surface area contributed by atoms with Crippen molar-refractivity contribution in [2.45, 2.75) is 56.8 Å². The van der Waals surface area contributed by atoms with Crippen LogP contribution < -0.4 is 0 Å². The van der Waals surface area contributed by atoms with Gasteiger partial charge in [-0.2, -0.15) is 12.6 Å². The Morgan fingerprint density at radius 2 is 2.00 bits per heavy atom. The first-order chi connectivity index (χ1) is 6.29. The minimum absolute atomic E-state index is 0.470. The van der Waals surface area contributed by atoms with Gasteiger partial charge in [-0.25, -0.2) is 0 Å². The van der Waals surface area contributed by atoms with Crippen LogP contribution in [0.2, 0.25) is 0 Å². The molecule has 2 fully saturated rings. The largest absolute Gasteiger partial charge is 0.378 e. The molecule has 0 amide bonds. The molecule has 0 aromatic rings. The van der Waals surface area contributed by atoms with E-state index in [2.05, 4.69) is 19.6 Å². The zero-order valence-electron chi connectivity index (χ0n) is 8.46. The standard InChI is InChI=1S/C11H20OS/c1-2-12-9-8-10(13)11(9)6-4-3-5-7-11/h9-10,13H,2-8H2,1H3. The minimum atomic E-state index is 0.470. The SMILES string of the molecule is CCOC1CC(S)C12CCCCC2. The van der Waals surface area contributed by atoms with Crippen LogP contribution in [0.15, 0.2) is 0 Å². The number of hydrogen-bond donors (Lipinski definition) is 1. The number of rotatable bonds is 2. The lowest BCUT2D eigenvalue weighted by Gasteiger charge is -2.56. The summed E-state index contributed by atoms with van der Waals surface area (Å²) in [5.41, 5.74) is 0.470. The van der Waals surface area contributed by atoms with E-state index >= 15 is 0 Å². The lowest BCUT2D eigenvalue weighted by molar-refractivity contribution is -0.118.